The lowest BCUT2D eigenvalue weighted by Gasteiger charge is -2.15. The Morgan fingerprint density at radius 1 is 0.875 bits per heavy atom. The van der Waals surface area contributed by atoms with Crippen LogP contribution in [0.4, 0.5) is 21.9 Å². The fraction of sp³-hybridized carbons (Fsp3) is 0.120. The minimum Gasteiger partial charge on any atom is -0.494 e. The molecular formula is C25H23N3O4. The third kappa shape index (κ3) is 4.89. The summed E-state index contributed by atoms with van der Waals surface area (Å²) in [5.74, 6) is 0.709. The van der Waals surface area contributed by atoms with Gasteiger partial charge in [-0.1, -0.05) is 42.5 Å². The number of para-hydroxylation sites is 1. The van der Waals surface area contributed by atoms with E-state index in [1.165, 1.54) is 0 Å². The van der Waals surface area contributed by atoms with E-state index in [9.17, 15) is 9.59 Å². The first-order valence-electron chi connectivity index (χ1n) is 10.3. The van der Waals surface area contributed by atoms with E-state index in [0.717, 1.165) is 5.56 Å². The topological polar surface area (TPSA) is 92.6 Å². The maximum Gasteiger partial charge on any atom is 0.362 e. The van der Waals surface area contributed by atoms with Gasteiger partial charge in [0.2, 0.25) is 0 Å². The Hall–Kier alpha value is -4.26. The van der Waals surface area contributed by atoms with Crippen molar-refractivity contribution in [3.05, 3.63) is 94.8 Å². The van der Waals surface area contributed by atoms with E-state index in [4.69, 9.17) is 9.15 Å². The van der Waals surface area contributed by atoms with Gasteiger partial charge in [0.25, 0.3) is 0 Å². The summed E-state index contributed by atoms with van der Waals surface area (Å²) in [6.45, 7) is 2.94. The van der Waals surface area contributed by atoms with Crippen LogP contribution in [0.1, 0.15) is 12.5 Å². The summed E-state index contributed by atoms with van der Waals surface area (Å²) in [7, 11) is 0. The van der Waals surface area contributed by atoms with E-state index < -0.39 is 11.7 Å². The van der Waals surface area contributed by atoms with Gasteiger partial charge in [-0.2, -0.15) is 0 Å². The Morgan fingerprint density at radius 2 is 1.59 bits per heavy atom. The standard InChI is InChI=1S/C25H23N3O4/c1-2-31-19-14-12-18(13-15-19)27-25(30)28-23-22(26-16-17-8-4-3-5-9-17)20-10-6-7-11-21(20)32-24(23)29/h3-15,26H,2,16H2,1H3,(H2,27,28,30). The molecule has 0 aliphatic heterocycles. The van der Waals surface area contributed by atoms with Crippen molar-refractivity contribution in [1.29, 1.82) is 0 Å². The summed E-state index contributed by atoms with van der Waals surface area (Å²) >= 11 is 0. The second-order valence-corrected chi connectivity index (χ2v) is 7.01. The minimum absolute atomic E-state index is 0.0445. The van der Waals surface area contributed by atoms with Crippen LogP contribution in [0.25, 0.3) is 11.0 Å². The van der Waals surface area contributed by atoms with Gasteiger partial charge < -0.3 is 19.8 Å². The lowest BCUT2D eigenvalue weighted by atomic mass is 10.1. The number of anilines is 3. The summed E-state index contributed by atoms with van der Waals surface area (Å²) in [6.07, 6.45) is 0. The van der Waals surface area contributed by atoms with E-state index in [1.807, 2.05) is 49.4 Å². The fourth-order valence-electron chi connectivity index (χ4n) is 3.31. The maximum atomic E-state index is 12.7. The molecule has 32 heavy (non-hydrogen) atoms. The first kappa shape index (κ1) is 21.0. The average Bonchev–Trinajstić information content (AvgIpc) is 2.81. The molecule has 162 valence electrons. The van der Waals surface area contributed by atoms with Crippen LogP contribution in [-0.2, 0) is 6.54 Å². The summed E-state index contributed by atoms with van der Waals surface area (Å²) in [5, 5.41) is 9.35. The fourth-order valence-corrected chi connectivity index (χ4v) is 3.31. The van der Waals surface area contributed by atoms with E-state index in [-0.39, 0.29) is 5.69 Å². The molecule has 4 rings (SSSR count). The third-order valence-electron chi connectivity index (χ3n) is 4.79. The molecule has 1 heterocycles. The summed E-state index contributed by atoms with van der Waals surface area (Å²) in [6, 6.07) is 23.4. The molecule has 0 saturated heterocycles. The lowest BCUT2D eigenvalue weighted by Crippen LogP contribution is -2.24. The highest BCUT2D eigenvalue weighted by atomic mass is 16.5. The zero-order chi connectivity index (χ0) is 22.3. The first-order valence-corrected chi connectivity index (χ1v) is 10.3. The normalized spacial score (nSPS) is 10.5. The first-order chi connectivity index (χ1) is 15.6. The van der Waals surface area contributed by atoms with Crippen LogP contribution >= 0.6 is 0 Å². The highest BCUT2D eigenvalue weighted by Crippen LogP contribution is 2.29. The summed E-state index contributed by atoms with van der Waals surface area (Å²) in [5.41, 5.74) is 1.95. The molecule has 0 bridgehead atoms. The van der Waals surface area contributed by atoms with Crippen LogP contribution in [0.5, 0.6) is 5.75 Å². The molecule has 3 N–H and O–H groups in total. The monoisotopic (exact) mass is 429 g/mol. The van der Waals surface area contributed by atoms with Crippen molar-refractivity contribution in [3.63, 3.8) is 0 Å². The molecule has 0 atom stereocenters. The van der Waals surface area contributed by atoms with Gasteiger partial charge >= 0.3 is 11.7 Å². The Balaban J connectivity index is 1.59. The van der Waals surface area contributed by atoms with Crippen molar-refractivity contribution in [1.82, 2.24) is 0 Å². The quantitative estimate of drug-likeness (QED) is 0.340. The Bertz CT molecular complexity index is 1270. The summed E-state index contributed by atoms with van der Waals surface area (Å²) in [4.78, 5) is 25.3. The smallest absolute Gasteiger partial charge is 0.362 e. The number of carbonyl (C=O) groups is 1. The van der Waals surface area contributed by atoms with Crippen molar-refractivity contribution in [2.24, 2.45) is 0 Å². The van der Waals surface area contributed by atoms with Gasteiger partial charge in [-0.25, -0.2) is 9.59 Å². The van der Waals surface area contributed by atoms with Crippen molar-refractivity contribution < 1.29 is 13.9 Å². The van der Waals surface area contributed by atoms with Gasteiger partial charge in [-0.05, 0) is 48.9 Å². The predicted octanol–water partition coefficient (Wildman–Crippen LogP) is 5.45. The molecule has 0 aliphatic carbocycles. The van der Waals surface area contributed by atoms with Gasteiger partial charge in [-0.15, -0.1) is 0 Å². The third-order valence-corrected chi connectivity index (χ3v) is 4.79. The van der Waals surface area contributed by atoms with Gasteiger partial charge in [0, 0.05) is 17.6 Å². The zero-order valence-corrected chi connectivity index (χ0v) is 17.6. The molecular weight excluding hydrogens is 406 g/mol. The molecule has 2 amide bonds. The molecule has 7 heteroatoms. The number of benzene rings is 3. The Kier molecular flexibility index (Phi) is 6.36. The number of fused-ring (bicyclic) bond motifs is 1. The van der Waals surface area contributed by atoms with Crippen molar-refractivity contribution in [3.8, 4) is 5.75 Å². The second-order valence-electron chi connectivity index (χ2n) is 7.01. The van der Waals surface area contributed by atoms with E-state index >= 15 is 0 Å². The summed E-state index contributed by atoms with van der Waals surface area (Å²) < 4.78 is 10.8. The largest absolute Gasteiger partial charge is 0.494 e. The van der Waals surface area contributed by atoms with Crippen LogP contribution in [0.3, 0.4) is 0 Å². The lowest BCUT2D eigenvalue weighted by molar-refractivity contribution is 0.262. The Labute approximate surface area is 185 Å². The molecule has 7 nitrogen and oxygen atoms in total. The SMILES string of the molecule is CCOc1ccc(NC(=O)Nc2c(NCc3ccccc3)c3ccccc3oc2=O)cc1. The van der Waals surface area contributed by atoms with Crippen LogP contribution in [0.15, 0.2) is 88.1 Å². The number of urea groups is 1. The minimum atomic E-state index is -0.638. The van der Waals surface area contributed by atoms with Crippen molar-refractivity contribution >= 4 is 34.1 Å². The Morgan fingerprint density at radius 3 is 2.34 bits per heavy atom. The van der Waals surface area contributed by atoms with Crippen LogP contribution < -0.4 is 26.3 Å². The van der Waals surface area contributed by atoms with E-state index in [2.05, 4.69) is 16.0 Å². The van der Waals surface area contributed by atoms with Crippen LogP contribution in [0.2, 0.25) is 0 Å². The molecule has 0 saturated carbocycles. The van der Waals surface area contributed by atoms with Crippen LogP contribution in [0, 0.1) is 0 Å². The highest BCUT2D eigenvalue weighted by Gasteiger charge is 2.17. The van der Waals surface area contributed by atoms with Crippen molar-refractivity contribution in [2.75, 3.05) is 22.6 Å². The number of ether oxygens (including phenoxy) is 1. The number of nitrogens with one attached hydrogen (secondary N) is 3. The molecule has 0 radical (unpaired) electrons. The molecule has 0 fully saturated rings. The molecule has 0 unspecified atom stereocenters. The molecule has 0 spiro atoms. The number of amides is 2. The number of carbonyl (C=O) groups excluding carboxylic acids is 1. The average molecular weight is 429 g/mol. The predicted molar refractivity (Wildman–Crippen MR) is 127 cm³/mol. The van der Waals surface area contributed by atoms with E-state index in [1.54, 1.807) is 36.4 Å². The maximum absolute atomic E-state index is 12.7. The highest BCUT2D eigenvalue weighted by molar-refractivity contribution is 6.05. The van der Waals surface area contributed by atoms with Crippen LogP contribution in [-0.4, -0.2) is 12.6 Å². The van der Waals surface area contributed by atoms with E-state index in [0.29, 0.717) is 41.2 Å². The molecule has 1 aromatic heterocycles. The molecule has 4 aromatic rings. The van der Waals surface area contributed by atoms with Gasteiger partial charge in [0.15, 0.2) is 5.69 Å². The van der Waals surface area contributed by atoms with Gasteiger partial charge in [-0.3, -0.25) is 5.32 Å². The van der Waals surface area contributed by atoms with Gasteiger partial charge in [0.1, 0.15) is 11.3 Å². The second kappa shape index (κ2) is 9.70. The number of rotatable bonds is 7. The number of hydrogen-bond acceptors (Lipinski definition) is 5. The zero-order valence-electron chi connectivity index (χ0n) is 17.6. The molecule has 0 aliphatic rings. The van der Waals surface area contributed by atoms with Crippen molar-refractivity contribution in [2.45, 2.75) is 13.5 Å². The number of hydrogen-bond donors (Lipinski definition) is 3. The van der Waals surface area contributed by atoms with Gasteiger partial charge in [0.05, 0.1) is 12.3 Å². The molecule has 3 aromatic carbocycles.